The van der Waals surface area contributed by atoms with Crippen molar-refractivity contribution < 1.29 is 14.3 Å². The fourth-order valence-electron chi connectivity index (χ4n) is 2.38. The van der Waals surface area contributed by atoms with Gasteiger partial charge in [0, 0.05) is 24.2 Å². The maximum Gasteiger partial charge on any atom is 0.305 e. The molecular formula is C19H22N2O3. The van der Waals surface area contributed by atoms with Gasteiger partial charge in [0.15, 0.2) is 0 Å². The van der Waals surface area contributed by atoms with Crippen molar-refractivity contribution >= 4 is 23.3 Å². The highest BCUT2D eigenvalue weighted by Gasteiger charge is 2.06. The SMILES string of the molecule is COC(=O)CCCCC(=O)Nc1cccc(-c2cccc(N)c2)c1. The van der Waals surface area contributed by atoms with Gasteiger partial charge in [-0.15, -0.1) is 0 Å². The van der Waals surface area contributed by atoms with E-state index < -0.39 is 0 Å². The number of unbranched alkanes of at least 4 members (excludes halogenated alkanes) is 1. The quantitative estimate of drug-likeness (QED) is 0.463. The Morgan fingerprint density at radius 3 is 2.38 bits per heavy atom. The Bertz CT molecular complexity index is 713. The summed E-state index contributed by atoms with van der Waals surface area (Å²) < 4.78 is 4.57. The number of methoxy groups -OCH3 is 1. The Morgan fingerprint density at radius 1 is 1.00 bits per heavy atom. The molecule has 5 nitrogen and oxygen atoms in total. The Hall–Kier alpha value is -2.82. The number of benzene rings is 2. The molecule has 0 aliphatic heterocycles. The molecule has 2 rings (SSSR count). The summed E-state index contributed by atoms with van der Waals surface area (Å²) in [5, 5.41) is 2.88. The molecule has 2 aromatic rings. The second kappa shape index (κ2) is 8.72. The predicted molar refractivity (Wildman–Crippen MR) is 95.4 cm³/mol. The number of rotatable bonds is 7. The Labute approximate surface area is 141 Å². The van der Waals surface area contributed by atoms with Crippen LogP contribution in [0.15, 0.2) is 48.5 Å². The monoisotopic (exact) mass is 326 g/mol. The van der Waals surface area contributed by atoms with Crippen molar-refractivity contribution in [2.24, 2.45) is 0 Å². The van der Waals surface area contributed by atoms with Gasteiger partial charge in [0.25, 0.3) is 0 Å². The third-order valence-electron chi connectivity index (χ3n) is 3.63. The number of carbonyl (C=O) groups excluding carboxylic acids is 2. The maximum atomic E-state index is 12.0. The van der Waals surface area contributed by atoms with Crippen LogP contribution in [0.25, 0.3) is 11.1 Å². The first kappa shape index (κ1) is 17.5. The molecule has 126 valence electrons. The summed E-state index contributed by atoms with van der Waals surface area (Å²) in [6.45, 7) is 0. The van der Waals surface area contributed by atoms with Gasteiger partial charge in [0.2, 0.25) is 5.91 Å². The van der Waals surface area contributed by atoms with Crippen LogP contribution >= 0.6 is 0 Å². The summed E-state index contributed by atoms with van der Waals surface area (Å²) in [6.07, 6.45) is 2.01. The molecule has 0 aliphatic carbocycles. The largest absolute Gasteiger partial charge is 0.469 e. The summed E-state index contributed by atoms with van der Waals surface area (Å²) >= 11 is 0. The third-order valence-corrected chi connectivity index (χ3v) is 3.63. The lowest BCUT2D eigenvalue weighted by atomic mass is 10.0. The highest BCUT2D eigenvalue weighted by atomic mass is 16.5. The van der Waals surface area contributed by atoms with Crippen molar-refractivity contribution in [2.45, 2.75) is 25.7 Å². The van der Waals surface area contributed by atoms with Crippen LogP contribution in [-0.2, 0) is 14.3 Å². The lowest BCUT2D eigenvalue weighted by Crippen LogP contribution is -2.11. The molecule has 3 N–H and O–H groups in total. The van der Waals surface area contributed by atoms with E-state index in [0.717, 1.165) is 16.8 Å². The molecule has 0 aliphatic rings. The number of anilines is 2. The van der Waals surface area contributed by atoms with Crippen molar-refractivity contribution in [1.82, 2.24) is 0 Å². The minimum Gasteiger partial charge on any atom is -0.469 e. The second-order valence-corrected chi connectivity index (χ2v) is 5.54. The Kier molecular flexibility index (Phi) is 6.37. The molecule has 0 atom stereocenters. The second-order valence-electron chi connectivity index (χ2n) is 5.54. The topological polar surface area (TPSA) is 81.4 Å². The lowest BCUT2D eigenvalue weighted by molar-refractivity contribution is -0.140. The molecular weight excluding hydrogens is 304 g/mol. The minimum absolute atomic E-state index is 0.0652. The first-order valence-corrected chi connectivity index (χ1v) is 7.91. The van der Waals surface area contributed by atoms with E-state index in [1.54, 1.807) is 0 Å². The standard InChI is InChI=1S/C19H22N2O3/c1-24-19(23)11-3-2-10-18(22)21-17-9-5-7-15(13-17)14-6-4-8-16(20)12-14/h4-9,12-13H,2-3,10-11,20H2,1H3,(H,21,22). The van der Waals surface area contributed by atoms with E-state index in [1.165, 1.54) is 7.11 Å². The highest BCUT2D eigenvalue weighted by molar-refractivity contribution is 5.91. The highest BCUT2D eigenvalue weighted by Crippen LogP contribution is 2.24. The number of hydrogen-bond donors (Lipinski definition) is 2. The van der Waals surface area contributed by atoms with Crippen molar-refractivity contribution in [3.05, 3.63) is 48.5 Å². The van der Waals surface area contributed by atoms with Crippen LogP contribution in [0.4, 0.5) is 11.4 Å². The molecule has 0 heterocycles. The molecule has 0 spiro atoms. The number of ether oxygens (including phenoxy) is 1. The first-order chi connectivity index (χ1) is 11.6. The number of amides is 1. The molecule has 5 heteroatoms. The number of nitrogens with two attached hydrogens (primary N) is 1. The molecule has 0 saturated heterocycles. The van der Waals surface area contributed by atoms with E-state index in [2.05, 4.69) is 10.1 Å². The molecule has 0 fully saturated rings. The normalized spacial score (nSPS) is 10.2. The summed E-state index contributed by atoms with van der Waals surface area (Å²) in [5.41, 5.74) is 9.25. The number of nitrogens with one attached hydrogen (secondary N) is 1. The van der Waals surface area contributed by atoms with Gasteiger partial charge >= 0.3 is 5.97 Å². The zero-order chi connectivity index (χ0) is 17.4. The van der Waals surface area contributed by atoms with E-state index >= 15 is 0 Å². The number of hydrogen-bond acceptors (Lipinski definition) is 4. The van der Waals surface area contributed by atoms with Crippen molar-refractivity contribution in [3.63, 3.8) is 0 Å². The fraction of sp³-hybridized carbons (Fsp3) is 0.263. The van der Waals surface area contributed by atoms with Crippen molar-refractivity contribution in [2.75, 3.05) is 18.2 Å². The fourth-order valence-corrected chi connectivity index (χ4v) is 2.38. The van der Waals surface area contributed by atoms with Crippen LogP contribution in [0.1, 0.15) is 25.7 Å². The lowest BCUT2D eigenvalue weighted by Gasteiger charge is -2.08. The van der Waals surface area contributed by atoms with Crippen molar-refractivity contribution in [1.29, 1.82) is 0 Å². The van der Waals surface area contributed by atoms with Crippen LogP contribution in [0, 0.1) is 0 Å². The molecule has 2 aromatic carbocycles. The third kappa shape index (κ3) is 5.43. The van der Waals surface area contributed by atoms with Gasteiger partial charge in [-0.1, -0.05) is 24.3 Å². The van der Waals surface area contributed by atoms with Crippen LogP contribution in [0.5, 0.6) is 0 Å². The van der Waals surface area contributed by atoms with E-state index in [1.807, 2.05) is 48.5 Å². The van der Waals surface area contributed by atoms with E-state index in [4.69, 9.17) is 5.73 Å². The van der Waals surface area contributed by atoms with Gasteiger partial charge in [-0.2, -0.15) is 0 Å². The van der Waals surface area contributed by atoms with Crippen LogP contribution in [0.3, 0.4) is 0 Å². The van der Waals surface area contributed by atoms with Crippen molar-refractivity contribution in [3.8, 4) is 11.1 Å². The van der Waals surface area contributed by atoms with Gasteiger partial charge in [-0.3, -0.25) is 9.59 Å². The molecule has 0 saturated carbocycles. The first-order valence-electron chi connectivity index (χ1n) is 7.91. The van der Waals surface area contributed by atoms with Crippen LogP contribution in [-0.4, -0.2) is 19.0 Å². The Morgan fingerprint density at radius 2 is 1.67 bits per heavy atom. The summed E-state index contributed by atoms with van der Waals surface area (Å²) in [7, 11) is 1.36. The maximum absolute atomic E-state index is 12.0. The predicted octanol–water partition coefficient (Wildman–Crippen LogP) is 3.61. The molecule has 0 unspecified atom stereocenters. The van der Waals surface area contributed by atoms with Crippen LogP contribution in [0.2, 0.25) is 0 Å². The minimum atomic E-state index is -0.245. The van der Waals surface area contributed by atoms with E-state index in [-0.39, 0.29) is 11.9 Å². The average Bonchev–Trinajstić information content (AvgIpc) is 2.58. The summed E-state index contributed by atoms with van der Waals surface area (Å²) in [5.74, 6) is -0.310. The van der Waals surface area contributed by atoms with Crippen LogP contribution < -0.4 is 11.1 Å². The Balaban J connectivity index is 1.90. The van der Waals surface area contributed by atoms with Gasteiger partial charge in [0.05, 0.1) is 7.11 Å². The molecule has 24 heavy (non-hydrogen) atoms. The molecule has 0 aromatic heterocycles. The smallest absolute Gasteiger partial charge is 0.305 e. The molecule has 0 bridgehead atoms. The number of carbonyl (C=O) groups is 2. The number of nitrogen functional groups attached to an aromatic ring is 1. The van der Waals surface area contributed by atoms with Gasteiger partial charge in [-0.05, 0) is 48.2 Å². The van der Waals surface area contributed by atoms with Gasteiger partial charge < -0.3 is 15.8 Å². The average molecular weight is 326 g/mol. The molecule has 0 radical (unpaired) electrons. The molecule has 1 amide bonds. The van der Waals surface area contributed by atoms with E-state index in [9.17, 15) is 9.59 Å². The summed E-state index contributed by atoms with van der Waals surface area (Å²) in [4.78, 5) is 23.0. The summed E-state index contributed by atoms with van der Waals surface area (Å²) in [6, 6.07) is 15.2. The van der Waals surface area contributed by atoms with Gasteiger partial charge in [0.1, 0.15) is 0 Å². The zero-order valence-corrected chi connectivity index (χ0v) is 13.7. The van der Waals surface area contributed by atoms with E-state index in [0.29, 0.717) is 31.4 Å². The van der Waals surface area contributed by atoms with Gasteiger partial charge in [-0.25, -0.2) is 0 Å². The number of esters is 1. The zero-order valence-electron chi connectivity index (χ0n) is 13.7.